The molecule has 0 bridgehead atoms. The molecule has 0 spiro atoms. The molecule has 38 heavy (non-hydrogen) atoms. The predicted molar refractivity (Wildman–Crippen MR) is 146 cm³/mol. The number of carbonyl (C=O) groups is 4. The van der Waals surface area contributed by atoms with Crippen LogP contribution in [-0.2, 0) is 19.1 Å². The Hall–Kier alpha value is -4.32. The Morgan fingerprint density at radius 1 is 1.05 bits per heavy atom. The minimum atomic E-state index is -1.27. The number of nitrogens with one attached hydrogen (secondary N) is 2. The Kier molecular flexibility index (Phi) is 10.1. The van der Waals surface area contributed by atoms with E-state index in [1.54, 1.807) is 39.0 Å². The molecule has 0 aliphatic carbocycles. The Labute approximate surface area is 224 Å². The standard InChI is InChI=1S/C29H36N4O5/c1-8-33(27(36)23(15-16-24(30)34)32-28(37)38-29(5,6)7)25(21-17-18(2)13-14-19(21)3)26(35)31-22-12-10-9-11-20(22)4/h1,9-14,17,23,25H,15-16H2,2-7H3,(H2,30,34)(H,31,35)(H,32,37). The zero-order chi connectivity index (χ0) is 28.6. The highest BCUT2D eigenvalue weighted by molar-refractivity contribution is 6.00. The predicted octanol–water partition coefficient (Wildman–Crippen LogP) is 3.87. The van der Waals surface area contributed by atoms with Crippen molar-refractivity contribution in [1.82, 2.24) is 10.2 Å². The molecule has 0 aliphatic heterocycles. The maximum absolute atomic E-state index is 13.8. The number of hydrogen-bond acceptors (Lipinski definition) is 5. The van der Waals surface area contributed by atoms with Crippen LogP contribution in [0.5, 0.6) is 0 Å². The lowest BCUT2D eigenvalue weighted by Crippen LogP contribution is -2.51. The molecule has 0 aromatic heterocycles. The van der Waals surface area contributed by atoms with Gasteiger partial charge >= 0.3 is 6.09 Å². The lowest BCUT2D eigenvalue weighted by atomic mass is 9.96. The van der Waals surface area contributed by atoms with Gasteiger partial charge < -0.3 is 21.1 Å². The first kappa shape index (κ1) is 29.9. The number of terminal acetylenes is 1. The van der Waals surface area contributed by atoms with Crippen molar-refractivity contribution in [2.75, 3.05) is 5.32 Å². The van der Waals surface area contributed by atoms with E-state index in [4.69, 9.17) is 16.9 Å². The van der Waals surface area contributed by atoms with Gasteiger partial charge in [0.1, 0.15) is 17.7 Å². The van der Waals surface area contributed by atoms with Gasteiger partial charge in [0.05, 0.1) is 0 Å². The molecule has 0 radical (unpaired) electrons. The number of primary amides is 1. The van der Waals surface area contributed by atoms with E-state index in [1.807, 2.05) is 45.0 Å². The molecule has 2 aromatic carbocycles. The second-order valence-electron chi connectivity index (χ2n) is 10.1. The van der Waals surface area contributed by atoms with E-state index in [2.05, 4.69) is 16.7 Å². The number of nitrogens with two attached hydrogens (primary N) is 1. The van der Waals surface area contributed by atoms with Crippen molar-refractivity contribution in [3.8, 4) is 12.5 Å². The fraction of sp³-hybridized carbons (Fsp3) is 0.379. The second-order valence-corrected chi connectivity index (χ2v) is 10.1. The first-order valence-electron chi connectivity index (χ1n) is 12.2. The summed E-state index contributed by atoms with van der Waals surface area (Å²) >= 11 is 0. The van der Waals surface area contributed by atoms with E-state index in [0.29, 0.717) is 11.3 Å². The number of carbonyl (C=O) groups excluding carboxylic acids is 4. The van der Waals surface area contributed by atoms with Crippen LogP contribution in [0.1, 0.15) is 61.9 Å². The number of para-hydroxylation sites is 1. The second kappa shape index (κ2) is 12.8. The van der Waals surface area contributed by atoms with Crippen molar-refractivity contribution in [3.63, 3.8) is 0 Å². The number of alkyl carbamates (subject to hydrolysis) is 1. The van der Waals surface area contributed by atoms with E-state index in [-0.39, 0.29) is 12.8 Å². The van der Waals surface area contributed by atoms with Gasteiger partial charge in [-0.25, -0.2) is 4.79 Å². The molecule has 202 valence electrons. The average molecular weight is 521 g/mol. The Balaban J connectivity index is 2.54. The zero-order valence-corrected chi connectivity index (χ0v) is 22.8. The van der Waals surface area contributed by atoms with Gasteiger partial charge in [-0.15, -0.1) is 0 Å². The van der Waals surface area contributed by atoms with E-state index in [0.717, 1.165) is 21.6 Å². The maximum atomic E-state index is 13.8. The summed E-state index contributed by atoms with van der Waals surface area (Å²) in [4.78, 5) is 52.5. The summed E-state index contributed by atoms with van der Waals surface area (Å²) in [6.07, 6.45) is 4.62. The van der Waals surface area contributed by atoms with Gasteiger partial charge in [-0.1, -0.05) is 48.4 Å². The van der Waals surface area contributed by atoms with Crippen molar-refractivity contribution >= 4 is 29.5 Å². The molecule has 0 saturated heterocycles. The van der Waals surface area contributed by atoms with Gasteiger partial charge in [0.15, 0.2) is 0 Å². The van der Waals surface area contributed by atoms with Gasteiger partial charge in [-0.05, 0) is 70.7 Å². The smallest absolute Gasteiger partial charge is 0.408 e. The molecule has 2 aromatic rings. The number of anilines is 1. The number of benzene rings is 2. The van der Waals surface area contributed by atoms with Gasteiger partial charge in [0.25, 0.3) is 11.8 Å². The summed E-state index contributed by atoms with van der Waals surface area (Å²) in [6, 6.07) is 12.6. The molecule has 2 unspecified atom stereocenters. The van der Waals surface area contributed by atoms with Gasteiger partial charge in [-0.2, -0.15) is 0 Å². The van der Waals surface area contributed by atoms with Crippen molar-refractivity contribution in [3.05, 3.63) is 64.7 Å². The van der Waals surface area contributed by atoms with E-state index in [1.165, 1.54) is 0 Å². The topological polar surface area (TPSA) is 131 Å². The fourth-order valence-electron chi connectivity index (χ4n) is 3.79. The first-order valence-corrected chi connectivity index (χ1v) is 12.2. The molecule has 2 atom stereocenters. The summed E-state index contributed by atoms with van der Waals surface area (Å²) in [7, 11) is 0. The zero-order valence-electron chi connectivity index (χ0n) is 22.8. The average Bonchev–Trinajstić information content (AvgIpc) is 2.81. The molecular formula is C29H36N4O5. The number of hydrogen-bond donors (Lipinski definition) is 3. The van der Waals surface area contributed by atoms with Crippen LogP contribution in [0.4, 0.5) is 10.5 Å². The molecule has 0 fully saturated rings. The van der Waals surface area contributed by atoms with Crippen LogP contribution >= 0.6 is 0 Å². The number of amides is 4. The molecular weight excluding hydrogens is 484 g/mol. The summed E-state index contributed by atoms with van der Waals surface area (Å²) in [5.74, 6) is -1.96. The maximum Gasteiger partial charge on any atom is 0.408 e. The van der Waals surface area contributed by atoms with Crippen LogP contribution < -0.4 is 16.4 Å². The summed E-state index contributed by atoms with van der Waals surface area (Å²) in [5, 5.41) is 5.36. The number of ether oxygens (including phenoxy) is 1. The molecule has 4 N–H and O–H groups in total. The first-order chi connectivity index (χ1) is 17.7. The molecule has 9 nitrogen and oxygen atoms in total. The van der Waals surface area contributed by atoms with Gasteiger partial charge in [0.2, 0.25) is 5.91 Å². The monoisotopic (exact) mass is 520 g/mol. The van der Waals surface area contributed by atoms with Crippen molar-refractivity contribution in [2.24, 2.45) is 5.73 Å². The quantitative estimate of drug-likeness (QED) is 0.341. The minimum absolute atomic E-state index is 0.134. The Bertz CT molecular complexity index is 1240. The summed E-state index contributed by atoms with van der Waals surface area (Å²) in [5.41, 5.74) is 7.98. The highest BCUT2D eigenvalue weighted by Gasteiger charge is 2.37. The van der Waals surface area contributed by atoms with Crippen molar-refractivity contribution < 1.29 is 23.9 Å². The molecule has 0 aliphatic rings. The number of rotatable bonds is 9. The molecule has 0 heterocycles. The third kappa shape index (κ3) is 8.37. The molecule has 4 amide bonds. The van der Waals surface area contributed by atoms with E-state index >= 15 is 0 Å². The van der Waals surface area contributed by atoms with Crippen molar-refractivity contribution in [2.45, 2.75) is 72.1 Å². The van der Waals surface area contributed by atoms with E-state index < -0.39 is 41.5 Å². The number of nitrogens with zero attached hydrogens (tertiary/aromatic N) is 1. The van der Waals surface area contributed by atoms with Crippen LogP contribution in [0.3, 0.4) is 0 Å². The Morgan fingerprint density at radius 3 is 2.29 bits per heavy atom. The van der Waals surface area contributed by atoms with Gasteiger partial charge in [-0.3, -0.25) is 19.3 Å². The minimum Gasteiger partial charge on any atom is -0.444 e. The third-order valence-electron chi connectivity index (χ3n) is 5.68. The highest BCUT2D eigenvalue weighted by Crippen LogP contribution is 2.28. The summed E-state index contributed by atoms with van der Waals surface area (Å²) < 4.78 is 5.29. The van der Waals surface area contributed by atoms with Crippen molar-refractivity contribution in [1.29, 1.82) is 0 Å². The largest absolute Gasteiger partial charge is 0.444 e. The molecule has 9 heteroatoms. The van der Waals surface area contributed by atoms with Crippen LogP contribution in [0.25, 0.3) is 0 Å². The van der Waals surface area contributed by atoms with Crippen LogP contribution in [0.15, 0.2) is 42.5 Å². The SMILES string of the molecule is C#CN(C(=O)C(CCC(N)=O)NC(=O)OC(C)(C)C)C(C(=O)Nc1ccccc1C)c1cc(C)ccc1C. The normalized spacial score (nSPS) is 12.4. The molecule has 2 rings (SSSR count). The number of aryl methyl sites for hydroxylation is 3. The highest BCUT2D eigenvalue weighted by atomic mass is 16.6. The van der Waals surface area contributed by atoms with Gasteiger partial charge in [0, 0.05) is 18.2 Å². The molecule has 0 saturated carbocycles. The van der Waals surface area contributed by atoms with Crippen LogP contribution in [0, 0.1) is 33.2 Å². The lowest BCUT2D eigenvalue weighted by Gasteiger charge is -2.31. The van der Waals surface area contributed by atoms with Crippen LogP contribution in [0.2, 0.25) is 0 Å². The third-order valence-corrected chi connectivity index (χ3v) is 5.68. The Morgan fingerprint density at radius 2 is 1.71 bits per heavy atom. The summed E-state index contributed by atoms with van der Waals surface area (Å²) in [6.45, 7) is 10.5. The lowest BCUT2D eigenvalue weighted by molar-refractivity contribution is -0.137. The van der Waals surface area contributed by atoms with E-state index in [9.17, 15) is 19.2 Å². The fourth-order valence-corrected chi connectivity index (χ4v) is 3.79. The van der Waals surface area contributed by atoms with Crippen LogP contribution in [-0.4, -0.2) is 40.4 Å².